The van der Waals surface area contributed by atoms with Crippen molar-refractivity contribution in [3.63, 3.8) is 0 Å². The Morgan fingerprint density at radius 1 is 1.50 bits per heavy atom. The summed E-state index contributed by atoms with van der Waals surface area (Å²) in [6, 6.07) is -0.321. The van der Waals surface area contributed by atoms with E-state index >= 15 is 0 Å². The summed E-state index contributed by atoms with van der Waals surface area (Å²) in [4.78, 5) is 17.9. The molecule has 1 N–H and O–H groups in total. The summed E-state index contributed by atoms with van der Waals surface area (Å²) in [5.74, 6) is 1.30. The number of carbonyl (C=O) groups is 1. The van der Waals surface area contributed by atoms with E-state index < -0.39 is 11.7 Å². The van der Waals surface area contributed by atoms with Crippen LogP contribution in [0.5, 0.6) is 0 Å². The molecular weight excluding hydrogens is 258 g/mol. The lowest BCUT2D eigenvalue weighted by Crippen LogP contribution is -2.34. The van der Waals surface area contributed by atoms with E-state index in [0.29, 0.717) is 5.89 Å². The molecule has 0 aliphatic rings. The van der Waals surface area contributed by atoms with Crippen LogP contribution in [-0.2, 0) is 11.2 Å². The molecule has 0 saturated heterocycles. The smallest absolute Gasteiger partial charge is 0.408 e. The van der Waals surface area contributed by atoms with Crippen molar-refractivity contribution in [2.45, 2.75) is 45.8 Å². The van der Waals surface area contributed by atoms with Crippen LogP contribution in [0, 0.1) is 0 Å². The minimum absolute atomic E-state index is 0.321. The van der Waals surface area contributed by atoms with E-state index in [2.05, 4.69) is 15.2 Å². The number of oxazole rings is 1. The van der Waals surface area contributed by atoms with Crippen molar-refractivity contribution in [2.75, 3.05) is 20.6 Å². The van der Waals surface area contributed by atoms with Gasteiger partial charge < -0.3 is 19.4 Å². The first-order chi connectivity index (χ1) is 9.17. The number of alkyl carbamates (subject to hydrolysis) is 1. The first-order valence-corrected chi connectivity index (χ1v) is 6.76. The zero-order chi connectivity index (χ0) is 15.3. The van der Waals surface area contributed by atoms with Gasteiger partial charge in [-0.1, -0.05) is 0 Å². The van der Waals surface area contributed by atoms with Crippen LogP contribution < -0.4 is 5.32 Å². The summed E-state index contributed by atoms with van der Waals surface area (Å²) < 4.78 is 10.8. The Kier molecular flexibility index (Phi) is 5.56. The molecule has 1 rings (SSSR count). The van der Waals surface area contributed by atoms with Crippen molar-refractivity contribution in [3.05, 3.63) is 17.8 Å². The van der Waals surface area contributed by atoms with Gasteiger partial charge in [-0.25, -0.2) is 9.78 Å². The Hall–Kier alpha value is -1.56. The molecule has 1 heterocycles. The highest BCUT2D eigenvalue weighted by molar-refractivity contribution is 5.68. The first kappa shape index (κ1) is 16.5. The Morgan fingerprint density at radius 3 is 2.70 bits per heavy atom. The Bertz CT molecular complexity index is 435. The van der Waals surface area contributed by atoms with Crippen LogP contribution in [0.15, 0.2) is 10.6 Å². The van der Waals surface area contributed by atoms with Gasteiger partial charge in [-0.15, -0.1) is 0 Å². The second-order valence-corrected chi connectivity index (χ2v) is 6.09. The average Bonchev–Trinajstić information content (AvgIpc) is 2.71. The topological polar surface area (TPSA) is 67.6 Å². The molecule has 0 saturated carbocycles. The van der Waals surface area contributed by atoms with Gasteiger partial charge in [0.25, 0.3) is 0 Å². The molecule has 0 aliphatic carbocycles. The fourth-order valence-corrected chi connectivity index (χ4v) is 1.52. The maximum absolute atomic E-state index is 11.7. The molecule has 1 atom stereocenters. The Labute approximate surface area is 120 Å². The lowest BCUT2D eigenvalue weighted by molar-refractivity contribution is 0.0500. The highest BCUT2D eigenvalue weighted by Gasteiger charge is 2.20. The van der Waals surface area contributed by atoms with Gasteiger partial charge in [0.15, 0.2) is 0 Å². The van der Waals surface area contributed by atoms with E-state index in [4.69, 9.17) is 9.15 Å². The standard InChI is InChI=1S/C14H25N3O3/c1-10(16-13(18)20-14(2,3)4)12-15-9-11(19-12)7-8-17(5)6/h9-10H,7-8H2,1-6H3,(H,16,18)/t10-/m0/s1. The summed E-state index contributed by atoms with van der Waals surface area (Å²) in [5.41, 5.74) is -0.517. The Balaban J connectivity index is 2.51. The summed E-state index contributed by atoms with van der Waals surface area (Å²) >= 11 is 0. The molecule has 6 nitrogen and oxygen atoms in total. The van der Waals surface area contributed by atoms with E-state index in [1.54, 1.807) is 6.20 Å². The quantitative estimate of drug-likeness (QED) is 0.898. The van der Waals surface area contributed by atoms with Crippen LogP contribution in [0.25, 0.3) is 0 Å². The second kappa shape index (κ2) is 6.74. The number of ether oxygens (including phenoxy) is 1. The molecule has 6 heteroatoms. The van der Waals surface area contributed by atoms with Gasteiger partial charge in [0, 0.05) is 13.0 Å². The molecule has 114 valence electrons. The number of nitrogens with one attached hydrogen (secondary N) is 1. The van der Waals surface area contributed by atoms with Crippen LogP contribution in [0.3, 0.4) is 0 Å². The molecule has 0 bridgehead atoms. The van der Waals surface area contributed by atoms with E-state index in [1.165, 1.54) is 0 Å². The van der Waals surface area contributed by atoms with Gasteiger partial charge >= 0.3 is 6.09 Å². The van der Waals surface area contributed by atoms with E-state index in [1.807, 2.05) is 41.8 Å². The number of nitrogens with zero attached hydrogens (tertiary/aromatic N) is 2. The van der Waals surface area contributed by atoms with E-state index in [-0.39, 0.29) is 6.04 Å². The van der Waals surface area contributed by atoms with Crippen molar-refractivity contribution >= 4 is 6.09 Å². The Morgan fingerprint density at radius 2 is 2.15 bits per heavy atom. The lowest BCUT2D eigenvalue weighted by Gasteiger charge is -2.21. The van der Waals surface area contributed by atoms with Gasteiger partial charge in [0.05, 0.1) is 6.20 Å². The van der Waals surface area contributed by atoms with Crippen LogP contribution in [0.1, 0.15) is 45.4 Å². The minimum Gasteiger partial charge on any atom is -0.444 e. The first-order valence-electron chi connectivity index (χ1n) is 6.76. The van der Waals surface area contributed by atoms with Crippen molar-refractivity contribution < 1.29 is 13.9 Å². The van der Waals surface area contributed by atoms with Crippen LogP contribution in [0.2, 0.25) is 0 Å². The van der Waals surface area contributed by atoms with Crippen molar-refractivity contribution in [1.82, 2.24) is 15.2 Å². The highest BCUT2D eigenvalue weighted by atomic mass is 16.6. The van der Waals surface area contributed by atoms with Gasteiger partial charge in [-0.2, -0.15) is 0 Å². The molecule has 0 radical (unpaired) electrons. The summed E-state index contributed by atoms with van der Waals surface area (Å²) in [6.07, 6.45) is 2.02. The maximum atomic E-state index is 11.7. The minimum atomic E-state index is -0.517. The molecule has 0 fully saturated rings. The van der Waals surface area contributed by atoms with Crippen LogP contribution in [-0.4, -0.2) is 42.2 Å². The summed E-state index contributed by atoms with van der Waals surface area (Å²) in [6.45, 7) is 8.17. The van der Waals surface area contributed by atoms with E-state index in [0.717, 1.165) is 18.7 Å². The predicted molar refractivity (Wildman–Crippen MR) is 76.5 cm³/mol. The zero-order valence-corrected chi connectivity index (χ0v) is 13.2. The third kappa shape index (κ3) is 6.06. The summed E-state index contributed by atoms with van der Waals surface area (Å²) in [7, 11) is 4.01. The molecule has 0 spiro atoms. The number of hydrogen-bond donors (Lipinski definition) is 1. The fraction of sp³-hybridized carbons (Fsp3) is 0.714. The van der Waals surface area contributed by atoms with Crippen molar-refractivity contribution in [1.29, 1.82) is 0 Å². The van der Waals surface area contributed by atoms with Crippen molar-refractivity contribution in [2.24, 2.45) is 0 Å². The van der Waals surface area contributed by atoms with Gasteiger partial charge in [-0.3, -0.25) is 0 Å². The molecule has 1 aromatic rings. The fourth-order valence-electron chi connectivity index (χ4n) is 1.52. The number of rotatable bonds is 5. The van der Waals surface area contributed by atoms with Gasteiger partial charge in [-0.05, 0) is 41.8 Å². The SMILES string of the molecule is C[C@H](NC(=O)OC(C)(C)C)c1ncc(CCN(C)C)o1. The van der Waals surface area contributed by atoms with Crippen molar-refractivity contribution in [3.8, 4) is 0 Å². The zero-order valence-electron chi connectivity index (χ0n) is 13.2. The molecule has 0 aromatic carbocycles. The third-order valence-corrected chi connectivity index (χ3v) is 2.48. The monoisotopic (exact) mass is 283 g/mol. The largest absolute Gasteiger partial charge is 0.444 e. The number of likely N-dealkylation sites (N-methyl/N-ethyl adjacent to an activating group) is 1. The normalized spacial score (nSPS) is 13.3. The maximum Gasteiger partial charge on any atom is 0.408 e. The summed E-state index contributed by atoms with van der Waals surface area (Å²) in [5, 5.41) is 2.70. The van der Waals surface area contributed by atoms with Crippen LogP contribution in [0.4, 0.5) is 4.79 Å². The van der Waals surface area contributed by atoms with Gasteiger partial charge in [0.1, 0.15) is 17.4 Å². The molecule has 1 aromatic heterocycles. The molecule has 20 heavy (non-hydrogen) atoms. The lowest BCUT2D eigenvalue weighted by atomic mass is 10.2. The van der Waals surface area contributed by atoms with Crippen LogP contribution >= 0.6 is 0 Å². The predicted octanol–water partition coefficient (Wildman–Crippen LogP) is 2.36. The number of hydrogen-bond acceptors (Lipinski definition) is 5. The number of carbonyl (C=O) groups excluding carboxylic acids is 1. The number of amides is 1. The number of aromatic nitrogens is 1. The average molecular weight is 283 g/mol. The molecule has 0 aliphatic heterocycles. The molecule has 1 amide bonds. The van der Waals surface area contributed by atoms with Gasteiger partial charge in [0.2, 0.25) is 5.89 Å². The highest BCUT2D eigenvalue weighted by Crippen LogP contribution is 2.14. The molecule has 0 unspecified atom stereocenters. The molecular formula is C14H25N3O3. The van der Waals surface area contributed by atoms with E-state index in [9.17, 15) is 4.79 Å². The third-order valence-electron chi connectivity index (χ3n) is 2.48. The second-order valence-electron chi connectivity index (χ2n) is 6.09.